The van der Waals surface area contributed by atoms with Crippen molar-refractivity contribution in [3.8, 4) is 0 Å². The van der Waals surface area contributed by atoms with Crippen LogP contribution in [0.4, 0.5) is 0 Å². The molecule has 0 atom stereocenters. The highest BCUT2D eigenvalue weighted by Crippen LogP contribution is 2.14. The van der Waals surface area contributed by atoms with Crippen LogP contribution in [-0.4, -0.2) is 39.8 Å². The van der Waals surface area contributed by atoms with Crippen LogP contribution >= 0.6 is 24.4 Å². The molecule has 0 aromatic carbocycles. The van der Waals surface area contributed by atoms with E-state index in [1.165, 1.54) is 0 Å². The summed E-state index contributed by atoms with van der Waals surface area (Å²) in [4.78, 5) is 0. The molecule has 1 heterocycles. The monoisotopic (exact) mass is 325 g/mol. The number of hydrogen-bond acceptors (Lipinski definition) is 4. The average Bonchev–Trinajstić information content (AvgIpc) is 2.90. The summed E-state index contributed by atoms with van der Waals surface area (Å²) in [5.74, 6) is 0. The zero-order valence-electron chi connectivity index (χ0n) is 12.4. The van der Waals surface area contributed by atoms with Gasteiger partial charge in [0.2, 0.25) is 0 Å². The van der Waals surface area contributed by atoms with E-state index in [1.807, 2.05) is 20.0 Å². The van der Waals surface area contributed by atoms with Crippen molar-refractivity contribution in [3.63, 3.8) is 0 Å². The third-order valence-electron chi connectivity index (χ3n) is 2.61. The second-order valence-electron chi connectivity index (χ2n) is 4.01. The number of nitrogens with zero attached hydrogens (tertiary/aromatic N) is 3. The maximum atomic E-state index is 5.07. The standard InChI is InChI=1S/C12H19N7S2/c1-8(17-18-12(21)14-3)9(7-15-11(20)13-2)10-5-6-16-19(10)4/h5-7H,1-4H3,(H2,13,15,20)(H2,14,18,21)/b9-7-,17-8+. The molecule has 0 radical (unpaired) electrons. The fourth-order valence-electron chi connectivity index (χ4n) is 1.46. The Bertz CT molecular complexity index is 574. The maximum Gasteiger partial charge on any atom is 0.186 e. The molecule has 1 aromatic rings. The largest absolute Gasteiger partial charge is 0.366 e. The first-order chi connectivity index (χ1) is 9.99. The number of nitrogens with one attached hydrogen (secondary N) is 4. The van der Waals surface area contributed by atoms with Gasteiger partial charge in [0.25, 0.3) is 0 Å². The number of rotatable bonds is 4. The van der Waals surface area contributed by atoms with E-state index in [0.29, 0.717) is 10.2 Å². The predicted molar refractivity (Wildman–Crippen MR) is 93.9 cm³/mol. The predicted octanol–water partition coefficient (Wildman–Crippen LogP) is 0.325. The Kier molecular flexibility index (Phi) is 6.76. The summed E-state index contributed by atoms with van der Waals surface area (Å²) in [5, 5.41) is 18.0. The molecule has 4 N–H and O–H groups in total. The van der Waals surface area contributed by atoms with Crippen molar-refractivity contribution >= 4 is 45.9 Å². The van der Waals surface area contributed by atoms with Crippen LogP contribution in [0, 0.1) is 0 Å². The summed E-state index contributed by atoms with van der Waals surface area (Å²) in [6.45, 7) is 1.87. The van der Waals surface area contributed by atoms with E-state index in [4.69, 9.17) is 24.4 Å². The van der Waals surface area contributed by atoms with Crippen LogP contribution < -0.4 is 21.4 Å². The highest BCUT2D eigenvalue weighted by atomic mass is 32.1. The zero-order valence-corrected chi connectivity index (χ0v) is 14.0. The van der Waals surface area contributed by atoms with Crippen LogP contribution in [0.5, 0.6) is 0 Å². The molecule has 0 amide bonds. The fourth-order valence-corrected chi connectivity index (χ4v) is 1.57. The summed E-state index contributed by atoms with van der Waals surface area (Å²) in [5.41, 5.74) is 5.24. The minimum absolute atomic E-state index is 0.442. The van der Waals surface area contributed by atoms with Gasteiger partial charge >= 0.3 is 0 Å². The Balaban J connectivity index is 3.05. The summed E-state index contributed by atoms with van der Waals surface area (Å²) < 4.78 is 1.76. The van der Waals surface area contributed by atoms with E-state index >= 15 is 0 Å². The number of allylic oxidation sites excluding steroid dienone is 1. The normalized spacial score (nSPS) is 11.8. The second-order valence-corrected chi connectivity index (χ2v) is 4.83. The molecule has 0 aliphatic heterocycles. The topological polar surface area (TPSA) is 78.3 Å². The van der Waals surface area contributed by atoms with E-state index in [9.17, 15) is 0 Å². The maximum absolute atomic E-state index is 5.07. The smallest absolute Gasteiger partial charge is 0.186 e. The number of hydrogen-bond donors (Lipinski definition) is 4. The van der Waals surface area contributed by atoms with Crippen LogP contribution in [0.2, 0.25) is 0 Å². The van der Waals surface area contributed by atoms with Gasteiger partial charge in [0.05, 0.1) is 11.4 Å². The molecule has 0 saturated carbocycles. The number of aromatic nitrogens is 2. The van der Waals surface area contributed by atoms with E-state index in [-0.39, 0.29) is 0 Å². The van der Waals surface area contributed by atoms with Gasteiger partial charge in [-0.1, -0.05) is 0 Å². The van der Waals surface area contributed by atoms with Crippen molar-refractivity contribution in [1.29, 1.82) is 0 Å². The van der Waals surface area contributed by atoms with Crippen LogP contribution in [0.25, 0.3) is 5.57 Å². The first-order valence-corrected chi connectivity index (χ1v) is 7.00. The average molecular weight is 325 g/mol. The van der Waals surface area contributed by atoms with Gasteiger partial charge in [-0.2, -0.15) is 10.2 Å². The van der Waals surface area contributed by atoms with Gasteiger partial charge < -0.3 is 16.0 Å². The lowest BCUT2D eigenvalue weighted by atomic mass is 10.1. The van der Waals surface area contributed by atoms with Gasteiger partial charge in [-0.15, -0.1) is 0 Å². The number of aryl methyl sites for hydroxylation is 1. The second kappa shape index (κ2) is 8.32. The molecule has 9 heteroatoms. The van der Waals surface area contributed by atoms with E-state index in [2.05, 4.69) is 31.6 Å². The Morgan fingerprint density at radius 1 is 1.29 bits per heavy atom. The number of thiocarbonyl (C=S) groups is 2. The first-order valence-electron chi connectivity index (χ1n) is 6.18. The van der Waals surface area contributed by atoms with Gasteiger partial charge in [-0.05, 0) is 37.4 Å². The van der Waals surface area contributed by atoms with E-state index < -0.39 is 0 Å². The highest BCUT2D eigenvalue weighted by Gasteiger charge is 2.10. The summed E-state index contributed by atoms with van der Waals surface area (Å²) >= 11 is 10.1. The van der Waals surface area contributed by atoms with Gasteiger partial charge in [0.1, 0.15) is 0 Å². The van der Waals surface area contributed by atoms with Crippen LogP contribution in [0.1, 0.15) is 12.6 Å². The van der Waals surface area contributed by atoms with Crippen molar-refractivity contribution in [2.75, 3.05) is 14.1 Å². The molecule has 0 fully saturated rings. The minimum atomic E-state index is 0.442. The summed E-state index contributed by atoms with van der Waals surface area (Å²) in [6.07, 6.45) is 3.50. The Morgan fingerprint density at radius 3 is 2.48 bits per heavy atom. The quantitative estimate of drug-likeness (QED) is 0.361. The van der Waals surface area contributed by atoms with Gasteiger partial charge in [-0.25, -0.2) is 0 Å². The molecule has 7 nitrogen and oxygen atoms in total. The molecule has 0 spiro atoms. The minimum Gasteiger partial charge on any atom is -0.366 e. The van der Waals surface area contributed by atoms with Gasteiger partial charge in [0.15, 0.2) is 10.2 Å². The molecule has 1 aromatic heterocycles. The van der Waals surface area contributed by atoms with Crippen molar-refractivity contribution in [3.05, 3.63) is 24.2 Å². The lowest BCUT2D eigenvalue weighted by Crippen LogP contribution is -2.30. The van der Waals surface area contributed by atoms with Crippen molar-refractivity contribution < 1.29 is 0 Å². The molecule has 114 valence electrons. The summed E-state index contributed by atoms with van der Waals surface area (Å²) in [7, 11) is 5.34. The lowest BCUT2D eigenvalue weighted by Gasteiger charge is -2.10. The molecular weight excluding hydrogens is 306 g/mol. The fraction of sp³-hybridized carbons (Fsp3) is 0.333. The SMILES string of the molecule is CNC(=S)N/C=C(/C(C)=N/NC(=S)NC)c1ccnn1C. The third-order valence-corrected chi connectivity index (χ3v) is 3.23. The van der Waals surface area contributed by atoms with Crippen LogP contribution in [0.15, 0.2) is 23.6 Å². The van der Waals surface area contributed by atoms with Crippen molar-refractivity contribution in [1.82, 2.24) is 31.2 Å². The molecule has 0 unspecified atom stereocenters. The van der Waals surface area contributed by atoms with Crippen LogP contribution in [0.3, 0.4) is 0 Å². The lowest BCUT2D eigenvalue weighted by molar-refractivity contribution is 0.757. The molecular formula is C12H19N7S2. The Labute approximate surface area is 134 Å². The van der Waals surface area contributed by atoms with E-state index in [0.717, 1.165) is 17.0 Å². The van der Waals surface area contributed by atoms with Crippen LogP contribution in [-0.2, 0) is 7.05 Å². The third kappa shape index (κ3) is 5.12. The van der Waals surface area contributed by atoms with Crippen molar-refractivity contribution in [2.45, 2.75) is 6.92 Å². The molecule has 0 aliphatic rings. The van der Waals surface area contributed by atoms with Crippen molar-refractivity contribution in [2.24, 2.45) is 12.1 Å². The molecule has 1 rings (SSSR count). The highest BCUT2D eigenvalue weighted by molar-refractivity contribution is 7.80. The van der Waals surface area contributed by atoms with Gasteiger partial charge in [0, 0.05) is 39.1 Å². The molecule has 0 saturated heterocycles. The first kappa shape index (κ1) is 17.1. The molecule has 21 heavy (non-hydrogen) atoms. The molecule has 0 aliphatic carbocycles. The van der Waals surface area contributed by atoms with Gasteiger partial charge in [-0.3, -0.25) is 10.1 Å². The molecule has 0 bridgehead atoms. The Hall–Kier alpha value is -2.00. The summed E-state index contributed by atoms with van der Waals surface area (Å²) in [6, 6.07) is 1.89. The zero-order chi connectivity index (χ0) is 15.8. The Morgan fingerprint density at radius 2 is 1.95 bits per heavy atom. The number of hydrazone groups is 1. The van der Waals surface area contributed by atoms with E-state index in [1.54, 1.807) is 31.2 Å².